The van der Waals surface area contributed by atoms with Gasteiger partial charge in [0.15, 0.2) is 5.96 Å². The number of carbonyl (C=O) groups is 1. The zero-order valence-corrected chi connectivity index (χ0v) is 8.55. The van der Waals surface area contributed by atoms with Crippen LogP contribution in [0, 0.1) is 5.92 Å². The number of nitrogens with one attached hydrogen (secondary N) is 1. The van der Waals surface area contributed by atoms with Gasteiger partial charge in [-0.25, -0.2) is 4.99 Å². The van der Waals surface area contributed by atoms with E-state index >= 15 is 0 Å². The van der Waals surface area contributed by atoms with Gasteiger partial charge in [-0.3, -0.25) is 10.1 Å². The minimum Gasteiger partial charge on any atom is -0.370 e. The quantitative estimate of drug-likeness (QED) is 0.599. The summed E-state index contributed by atoms with van der Waals surface area (Å²) in [6, 6.07) is 0. The highest BCUT2D eigenvalue weighted by Crippen LogP contribution is 2.34. The Morgan fingerprint density at radius 1 is 1.50 bits per heavy atom. The van der Waals surface area contributed by atoms with E-state index in [4.69, 9.17) is 5.73 Å². The standard InChI is InChI=1S/C10H17N3O/c1-7-3-2-5-10(6-4-7)8(14)12-9(11)13-10/h7H,2-6H2,1H3,(H3,11,12,13,14). The molecule has 78 valence electrons. The maximum absolute atomic E-state index is 11.7. The molecule has 2 rings (SSSR count). The molecule has 1 fully saturated rings. The van der Waals surface area contributed by atoms with E-state index in [2.05, 4.69) is 17.2 Å². The fourth-order valence-corrected chi connectivity index (χ4v) is 2.38. The molecule has 1 amide bonds. The Balaban J connectivity index is 2.18. The summed E-state index contributed by atoms with van der Waals surface area (Å²) in [5.74, 6) is 1.01. The smallest absolute Gasteiger partial charge is 0.254 e. The molecular weight excluding hydrogens is 178 g/mol. The molecule has 4 heteroatoms. The minimum absolute atomic E-state index is 0.00380. The van der Waals surface area contributed by atoms with E-state index in [9.17, 15) is 4.79 Å². The van der Waals surface area contributed by atoms with Crippen molar-refractivity contribution in [1.82, 2.24) is 5.32 Å². The molecular formula is C10H17N3O. The molecule has 1 aliphatic heterocycles. The predicted molar refractivity (Wildman–Crippen MR) is 54.7 cm³/mol. The molecule has 0 aromatic carbocycles. The van der Waals surface area contributed by atoms with Gasteiger partial charge in [0.1, 0.15) is 5.54 Å². The van der Waals surface area contributed by atoms with E-state index in [1.807, 2.05) is 0 Å². The van der Waals surface area contributed by atoms with E-state index < -0.39 is 5.54 Å². The van der Waals surface area contributed by atoms with Gasteiger partial charge < -0.3 is 5.73 Å². The third-order valence-electron chi connectivity index (χ3n) is 3.34. The molecule has 0 aromatic heterocycles. The van der Waals surface area contributed by atoms with Crippen molar-refractivity contribution in [3.63, 3.8) is 0 Å². The lowest BCUT2D eigenvalue weighted by molar-refractivity contribution is -0.124. The molecule has 2 atom stereocenters. The average Bonchev–Trinajstić information content (AvgIpc) is 2.31. The summed E-state index contributed by atoms with van der Waals surface area (Å²) in [5, 5.41) is 2.61. The van der Waals surface area contributed by atoms with Crippen molar-refractivity contribution < 1.29 is 4.79 Å². The Kier molecular flexibility index (Phi) is 2.21. The second kappa shape index (κ2) is 3.26. The zero-order chi connectivity index (χ0) is 10.2. The number of guanidine groups is 1. The van der Waals surface area contributed by atoms with Crippen molar-refractivity contribution in [2.24, 2.45) is 16.6 Å². The first-order chi connectivity index (χ1) is 6.62. The van der Waals surface area contributed by atoms with Crippen LogP contribution in [0.3, 0.4) is 0 Å². The lowest BCUT2D eigenvalue weighted by atomic mass is 9.90. The predicted octanol–water partition coefficient (Wildman–Crippen LogP) is 0.770. The summed E-state index contributed by atoms with van der Waals surface area (Å²) < 4.78 is 0. The Morgan fingerprint density at radius 2 is 2.29 bits per heavy atom. The van der Waals surface area contributed by atoms with Crippen LogP contribution in [-0.2, 0) is 4.79 Å². The molecule has 1 spiro atoms. The number of carbonyl (C=O) groups excluding carboxylic acids is 1. The molecule has 0 bridgehead atoms. The summed E-state index contributed by atoms with van der Waals surface area (Å²) in [7, 11) is 0. The molecule has 1 heterocycles. The van der Waals surface area contributed by atoms with Gasteiger partial charge in [0.25, 0.3) is 5.91 Å². The van der Waals surface area contributed by atoms with Crippen LogP contribution >= 0.6 is 0 Å². The van der Waals surface area contributed by atoms with Crippen molar-refractivity contribution >= 4 is 11.9 Å². The summed E-state index contributed by atoms with van der Waals surface area (Å²) in [5.41, 5.74) is 5.02. The van der Waals surface area contributed by atoms with Gasteiger partial charge in [-0.15, -0.1) is 0 Å². The molecule has 0 saturated heterocycles. The number of hydrogen-bond donors (Lipinski definition) is 2. The highest BCUT2D eigenvalue weighted by atomic mass is 16.2. The van der Waals surface area contributed by atoms with Crippen LogP contribution in [0.4, 0.5) is 0 Å². The number of nitrogens with two attached hydrogens (primary N) is 1. The maximum atomic E-state index is 11.7. The fraction of sp³-hybridized carbons (Fsp3) is 0.800. The van der Waals surface area contributed by atoms with Crippen LogP contribution in [0.25, 0.3) is 0 Å². The first-order valence-corrected chi connectivity index (χ1v) is 5.29. The van der Waals surface area contributed by atoms with Crippen LogP contribution in [0.5, 0.6) is 0 Å². The van der Waals surface area contributed by atoms with E-state index in [0.29, 0.717) is 11.9 Å². The maximum Gasteiger partial charge on any atom is 0.254 e. The third-order valence-corrected chi connectivity index (χ3v) is 3.34. The summed E-state index contributed by atoms with van der Waals surface area (Å²) in [6.07, 6.45) is 5.05. The van der Waals surface area contributed by atoms with E-state index in [-0.39, 0.29) is 5.91 Å². The van der Waals surface area contributed by atoms with E-state index in [1.165, 1.54) is 6.42 Å². The van der Waals surface area contributed by atoms with Gasteiger partial charge in [-0.05, 0) is 25.2 Å². The average molecular weight is 195 g/mol. The molecule has 4 nitrogen and oxygen atoms in total. The van der Waals surface area contributed by atoms with Crippen LogP contribution in [0.1, 0.15) is 39.0 Å². The minimum atomic E-state index is -0.519. The monoisotopic (exact) mass is 195 g/mol. The fourth-order valence-electron chi connectivity index (χ4n) is 2.38. The van der Waals surface area contributed by atoms with Crippen molar-refractivity contribution in [2.75, 3.05) is 0 Å². The Bertz CT molecular complexity index is 287. The molecule has 0 radical (unpaired) electrons. The third kappa shape index (κ3) is 1.49. The summed E-state index contributed by atoms with van der Waals surface area (Å²) in [6.45, 7) is 2.24. The van der Waals surface area contributed by atoms with Gasteiger partial charge in [0, 0.05) is 0 Å². The van der Waals surface area contributed by atoms with Crippen LogP contribution in [0.2, 0.25) is 0 Å². The lowest BCUT2D eigenvalue weighted by Crippen LogP contribution is -2.40. The summed E-state index contributed by atoms with van der Waals surface area (Å²) in [4.78, 5) is 16.0. The molecule has 14 heavy (non-hydrogen) atoms. The second-order valence-electron chi connectivity index (χ2n) is 4.52. The zero-order valence-electron chi connectivity index (χ0n) is 8.55. The lowest BCUT2D eigenvalue weighted by Gasteiger charge is -2.20. The van der Waals surface area contributed by atoms with E-state index in [0.717, 1.165) is 25.7 Å². The second-order valence-corrected chi connectivity index (χ2v) is 4.52. The highest BCUT2D eigenvalue weighted by Gasteiger charge is 2.43. The number of rotatable bonds is 0. The van der Waals surface area contributed by atoms with Gasteiger partial charge in [0.05, 0.1) is 0 Å². The molecule has 1 saturated carbocycles. The van der Waals surface area contributed by atoms with Gasteiger partial charge in [-0.2, -0.15) is 0 Å². The largest absolute Gasteiger partial charge is 0.370 e. The van der Waals surface area contributed by atoms with Crippen molar-refractivity contribution in [2.45, 2.75) is 44.6 Å². The van der Waals surface area contributed by atoms with Gasteiger partial charge in [-0.1, -0.05) is 19.8 Å². The highest BCUT2D eigenvalue weighted by molar-refractivity contribution is 6.06. The van der Waals surface area contributed by atoms with Gasteiger partial charge >= 0.3 is 0 Å². The molecule has 2 aliphatic rings. The van der Waals surface area contributed by atoms with Crippen molar-refractivity contribution in [1.29, 1.82) is 0 Å². The number of hydrogen-bond acceptors (Lipinski definition) is 3. The Morgan fingerprint density at radius 3 is 2.93 bits per heavy atom. The summed E-state index contributed by atoms with van der Waals surface area (Å²) >= 11 is 0. The molecule has 0 aromatic rings. The van der Waals surface area contributed by atoms with Gasteiger partial charge in [0.2, 0.25) is 0 Å². The Labute approximate surface area is 84.0 Å². The van der Waals surface area contributed by atoms with Crippen LogP contribution in [-0.4, -0.2) is 17.4 Å². The van der Waals surface area contributed by atoms with Crippen molar-refractivity contribution in [3.05, 3.63) is 0 Å². The Hall–Kier alpha value is -1.06. The van der Waals surface area contributed by atoms with E-state index in [1.54, 1.807) is 0 Å². The van der Waals surface area contributed by atoms with Crippen LogP contribution < -0.4 is 11.1 Å². The molecule has 2 unspecified atom stereocenters. The topological polar surface area (TPSA) is 67.5 Å². The first kappa shape index (κ1) is 9.49. The normalized spacial score (nSPS) is 37.9. The first-order valence-electron chi connectivity index (χ1n) is 5.29. The molecule has 3 N–H and O–H groups in total. The number of aliphatic imine (C=N–C) groups is 1. The van der Waals surface area contributed by atoms with Crippen LogP contribution in [0.15, 0.2) is 4.99 Å². The number of nitrogens with zero attached hydrogens (tertiary/aromatic N) is 1. The number of amides is 1. The SMILES string of the molecule is CC1CCCC2(CC1)N=C(N)NC2=O. The molecule has 1 aliphatic carbocycles. The van der Waals surface area contributed by atoms with Crippen molar-refractivity contribution in [3.8, 4) is 0 Å².